The molecule has 2 aromatic carbocycles. The van der Waals surface area contributed by atoms with E-state index in [4.69, 9.17) is 14.4 Å². The van der Waals surface area contributed by atoms with Crippen molar-refractivity contribution in [1.82, 2.24) is 15.0 Å². The Bertz CT molecular complexity index is 1220. The van der Waals surface area contributed by atoms with Crippen LogP contribution in [0.25, 0.3) is 11.0 Å². The quantitative estimate of drug-likeness (QED) is 0.467. The van der Waals surface area contributed by atoms with E-state index in [1.807, 2.05) is 18.2 Å². The van der Waals surface area contributed by atoms with Gasteiger partial charge in [-0.3, -0.25) is 10.2 Å². The number of hydrogen-bond donors (Lipinski definition) is 2. The number of halogens is 6. The number of benzene rings is 2. The summed E-state index contributed by atoms with van der Waals surface area (Å²) in [5.74, 6) is -2.62. The van der Waals surface area contributed by atoms with Gasteiger partial charge in [-0.1, -0.05) is 29.4 Å². The number of carboxylic acids is 1. The molecule has 37 heavy (non-hydrogen) atoms. The minimum atomic E-state index is -5.08. The molecule has 0 spiro atoms. The van der Waals surface area contributed by atoms with E-state index in [-0.39, 0.29) is 11.8 Å². The van der Waals surface area contributed by atoms with Crippen molar-refractivity contribution < 1.29 is 50.3 Å². The second-order valence-electron chi connectivity index (χ2n) is 7.72. The Morgan fingerprint density at radius 2 is 1.65 bits per heavy atom. The number of alkyl halides is 6. The zero-order valence-electron chi connectivity index (χ0n) is 18.8. The molecule has 4 rings (SSSR count). The second kappa shape index (κ2) is 11.4. The molecule has 0 unspecified atom stereocenters. The number of aromatic nitrogens is 1. The third-order valence-corrected chi connectivity index (χ3v) is 5.04. The molecule has 15 heteroatoms. The fourth-order valence-electron chi connectivity index (χ4n) is 3.36. The first-order valence-electron chi connectivity index (χ1n) is 10.6. The molecule has 0 aliphatic carbocycles. The van der Waals surface area contributed by atoms with Crippen molar-refractivity contribution in [1.29, 1.82) is 0 Å². The van der Waals surface area contributed by atoms with Crippen LogP contribution < -0.4 is 10.1 Å². The number of nitrogens with zero attached hydrogens (tertiary/aromatic N) is 3. The largest absolute Gasteiger partial charge is 0.573 e. The fraction of sp³-hybridized carbons (Fsp3) is 0.318. The summed E-state index contributed by atoms with van der Waals surface area (Å²) in [6, 6.07) is 12.9. The van der Waals surface area contributed by atoms with E-state index in [1.54, 1.807) is 17.0 Å². The Kier molecular flexibility index (Phi) is 8.47. The third-order valence-electron chi connectivity index (χ3n) is 5.04. The molecule has 1 aliphatic rings. The number of para-hydroxylation sites is 1. The molecule has 9 nitrogen and oxygen atoms in total. The van der Waals surface area contributed by atoms with Gasteiger partial charge < -0.3 is 19.3 Å². The first-order chi connectivity index (χ1) is 17.3. The number of carbonyl (C=O) groups is 2. The van der Waals surface area contributed by atoms with Crippen LogP contribution in [0.2, 0.25) is 0 Å². The molecule has 2 N–H and O–H groups in total. The average molecular weight is 534 g/mol. The first kappa shape index (κ1) is 27.6. The summed E-state index contributed by atoms with van der Waals surface area (Å²) >= 11 is 0. The van der Waals surface area contributed by atoms with E-state index in [0.29, 0.717) is 49.7 Å². The smallest absolute Gasteiger partial charge is 0.475 e. The van der Waals surface area contributed by atoms with Crippen LogP contribution in [-0.4, -0.2) is 70.8 Å². The van der Waals surface area contributed by atoms with Gasteiger partial charge in [-0.25, -0.2) is 9.59 Å². The lowest BCUT2D eigenvalue weighted by Gasteiger charge is -2.34. The van der Waals surface area contributed by atoms with E-state index in [2.05, 4.69) is 20.1 Å². The molecule has 200 valence electrons. The number of rotatable bonds is 4. The number of urea groups is 1. The van der Waals surface area contributed by atoms with Gasteiger partial charge in [0.2, 0.25) is 0 Å². The first-order valence-corrected chi connectivity index (χ1v) is 10.6. The summed E-state index contributed by atoms with van der Waals surface area (Å²) in [7, 11) is 0. The predicted molar refractivity (Wildman–Crippen MR) is 117 cm³/mol. The highest BCUT2D eigenvalue weighted by molar-refractivity contribution is 5.98. The highest BCUT2D eigenvalue weighted by Gasteiger charge is 2.38. The standard InChI is InChI=1S/C20H19F3N4O3.C2HF3O2/c21-20(22,23)29-15-5-3-4-14(12-15)13-26-8-10-27(11-9-26)19(28)24-18-16-6-1-2-7-17(16)30-25-18;3-2(4,5)1(6)7/h1-7,12H,8-11,13H2,(H,24,25,28);(H,6,7). The minimum absolute atomic E-state index is 0.238. The van der Waals surface area contributed by atoms with Gasteiger partial charge >= 0.3 is 24.5 Å². The van der Waals surface area contributed by atoms with Gasteiger partial charge in [-0.15, -0.1) is 13.2 Å². The molecule has 0 bridgehead atoms. The van der Waals surface area contributed by atoms with Gasteiger partial charge in [0.1, 0.15) is 5.75 Å². The molecule has 1 fully saturated rings. The number of amides is 2. The van der Waals surface area contributed by atoms with Crippen molar-refractivity contribution in [2.24, 2.45) is 0 Å². The van der Waals surface area contributed by atoms with Crippen molar-refractivity contribution in [3.63, 3.8) is 0 Å². The maximum atomic E-state index is 12.5. The Morgan fingerprint density at radius 3 is 2.27 bits per heavy atom. The Labute approximate surface area is 205 Å². The molecular weight excluding hydrogens is 514 g/mol. The van der Waals surface area contributed by atoms with Gasteiger partial charge in [-0.05, 0) is 29.8 Å². The topological polar surface area (TPSA) is 108 Å². The molecule has 2 heterocycles. The van der Waals surface area contributed by atoms with Crippen LogP contribution in [0, 0.1) is 0 Å². The van der Waals surface area contributed by atoms with Crippen LogP contribution in [0.3, 0.4) is 0 Å². The van der Waals surface area contributed by atoms with Crippen LogP contribution in [0.5, 0.6) is 5.75 Å². The highest BCUT2D eigenvalue weighted by Crippen LogP contribution is 2.25. The number of carbonyl (C=O) groups excluding carboxylic acids is 1. The number of aliphatic carboxylic acids is 1. The fourth-order valence-corrected chi connectivity index (χ4v) is 3.36. The maximum absolute atomic E-state index is 12.5. The second-order valence-corrected chi connectivity index (χ2v) is 7.72. The summed E-state index contributed by atoms with van der Waals surface area (Å²) in [6.07, 6.45) is -9.80. The summed E-state index contributed by atoms with van der Waals surface area (Å²) in [6.45, 7) is 2.63. The van der Waals surface area contributed by atoms with Crippen molar-refractivity contribution in [3.05, 3.63) is 54.1 Å². The van der Waals surface area contributed by atoms with E-state index in [0.717, 1.165) is 5.39 Å². The van der Waals surface area contributed by atoms with Crippen molar-refractivity contribution >= 4 is 28.8 Å². The van der Waals surface area contributed by atoms with Crippen LogP contribution >= 0.6 is 0 Å². The monoisotopic (exact) mass is 534 g/mol. The highest BCUT2D eigenvalue weighted by atomic mass is 19.4. The lowest BCUT2D eigenvalue weighted by Crippen LogP contribution is -2.49. The third kappa shape index (κ3) is 8.27. The number of nitrogens with one attached hydrogen (secondary N) is 1. The molecule has 1 saturated heterocycles. The van der Waals surface area contributed by atoms with Crippen molar-refractivity contribution in [2.75, 3.05) is 31.5 Å². The molecule has 2 amide bonds. The minimum Gasteiger partial charge on any atom is -0.475 e. The van der Waals surface area contributed by atoms with Gasteiger partial charge in [0.15, 0.2) is 11.4 Å². The lowest BCUT2D eigenvalue weighted by molar-refractivity contribution is -0.274. The van der Waals surface area contributed by atoms with Crippen LogP contribution in [0.15, 0.2) is 53.1 Å². The zero-order chi connectivity index (χ0) is 27.2. The summed E-state index contributed by atoms with van der Waals surface area (Å²) in [5.41, 5.74) is 1.30. The summed E-state index contributed by atoms with van der Waals surface area (Å²) in [4.78, 5) is 25.2. The van der Waals surface area contributed by atoms with Gasteiger partial charge in [0, 0.05) is 32.7 Å². The zero-order valence-corrected chi connectivity index (χ0v) is 18.8. The number of fused-ring (bicyclic) bond motifs is 1. The van der Waals surface area contributed by atoms with Crippen LogP contribution in [-0.2, 0) is 11.3 Å². The summed E-state index contributed by atoms with van der Waals surface area (Å²) < 4.78 is 78.0. The van der Waals surface area contributed by atoms with Crippen LogP contribution in [0.4, 0.5) is 37.0 Å². The number of carboxylic acid groups (broad SMARTS) is 1. The van der Waals surface area contributed by atoms with E-state index >= 15 is 0 Å². The van der Waals surface area contributed by atoms with Gasteiger partial charge in [0.25, 0.3) is 0 Å². The molecule has 0 atom stereocenters. The Morgan fingerprint density at radius 1 is 1.00 bits per heavy atom. The van der Waals surface area contributed by atoms with Gasteiger partial charge in [-0.2, -0.15) is 13.2 Å². The summed E-state index contributed by atoms with van der Waals surface area (Å²) in [5, 5.41) is 14.5. The number of hydrogen-bond acceptors (Lipinski definition) is 6. The van der Waals surface area contributed by atoms with E-state index in [1.165, 1.54) is 18.2 Å². The number of anilines is 1. The lowest BCUT2D eigenvalue weighted by atomic mass is 10.2. The molecule has 3 aromatic rings. The predicted octanol–water partition coefficient (Wildman–Crippen LogP) is 4.71. The number of piperazine rings is 1. The van der Waals surface area contributed by atoms with Crippen LogP contribution in [0.1, 0.15) is 5.56 Å². The van der Waals surface area contributed by atoms with Crippen molar-refractivity contribution in [3.8, 4) is 5.75 Å². The average Bonchev–Trinajstić information content (AvgIpc) is 3.21. The Balaban J connectivity index is 0.000000479. The molecule has 1 aromatic heterocycles. The molecular formula is C22H20F6N4O5. The molecule has 0 saturated carbocycles. The normalized spacial score (nSPS) is 14.6. The Hall–Kier alpha value is -4.01. The van der Waals surface area contributed by atoms with Crippen molar-refractivity contribution in [2.45, 2.75) is 19.1 Å². The maximum Gasteiger partial charge on any atom is 0.573 e. The number of ether oxygens (including phenoxy) is 1. The molecule has 0 radical (unpaired) electrons. The van der Waals surface area contributed by atoms with Gasteiger partial charge in [0.05, 0.1) is 5.39 Å². The van der Waals surface area contributed by atoms with E-state index in [9.17, 15) is 31.1 Å². The molecule has 1 aliphatic heterocycles. The van der Waals surface area contributed by atoms with E-state index < -0.39 is 18.5 Å². The SMILES string of the molecule is O=C(Nc1noc2ccccc12)N1CCN(Cc2cccc(OC(F)(F)F)c2)CC1.O=C(O)C(F)(F)F.